The van der Waals surface area contributed by atoms with Crippen molar-refractivity contribution in [3.63, 3.8) is 0 Å². The van der Waals surface area contributed by atoms with Crippen LogP contribution in [0.4, 0.5) is 5.69 Å². The van der Waals surface area contributed by atoms with Crippen LogP contribution in [0.2, 0.25) is 0 Å². The van der Waals surface area contributed by atoms with E-state index in [1.165, 1.54) is 12.1 Å². The van der Waals surface area contributed by atoms with Gasteiger partial charge in [0.15, 0.2) is 0 Å². The Bertz CT molecular complexity index is 971. The third-order valence-corrected chi connectivity index (χ3v) is 5.25. The van der Waals surface area contributed by atoms with Crippen LogP contribution in [0.1, 0.15) is 41.1 Å². The normalized spacial score (nSPS) is 21.7. The summed E-state index contributed by atoms with van der Waals surface area (Å²) >= 11 is 0. The van der Waals surface area contributed by atoms with Crippen LogP contribution in [0.25, 0.3) is 0 Å². The highest BCUT2D eigenvalue weighted by molar-refractivity contribution is 5.73. The summed E-state index contributed by atoms with van der Waals surface area (Å²) in [6, 6.07) is 26.2. The van der Waals surface area contributed by atoms with Crippen molar-refractivity contribution in [3.8, 4) is 0 Å². The Morgan fingerprint density at radius 3 is 1.93 bits per heavy atom. The lowest BCUT2D eigenvalue weighted by atomic mass is 9.73. The van der Waals surface area contributed by atoms with E-state index in [0.717, 1.165) is 16.7 Å². The smallest absolute Gasteiger partial charge is 0.307 e. The van der Waals surface area contributed by atoms with Gasteiger partial charge in [0.1, 0.15) is 6.10 Å². The molecule has 1 saturated heterocycles. The van der Waals surface area contributed by atoms with Crippen LogP contribution >= 0.6 is 0 Å². The van der Waals surface area contributed by atoms with Gasteiger partial charge >= 0.3 is 5.97 Å². The molecule has 1 aliphatic rings. The Labute approximate surface area is 162 Å². The minimum atomic E-state index is -0.416. The molecule has 1 heterocycles. The SMILES string of the molecule is O=C1C[C@@H](c2ccc([N+](=O)[O-])cc2)[C@H](c2ccccc2)[C@H](c2ccccc2)O1. The Morgan fingerprint density at radius 1 is 0.786 bits per heavy atom. The molecule has 0 bridgehead atoms. The lowest BCUT2D eigenvalue weighted by molar-refractivity contribution is -0.384. The Morgan fingerprint density at radius 2 is 1.36 bits per heavy atom. The number of ether oxygens (including phenoxy) is 1. The van der Waals surface area contributed by atoms with Gasteiger partial charge in [-0.2, -0.15) is 0 Å². The minimum absolute atomic E-state index is 0.0398. The molecular weight excluding hydrogens is 354 g/mol. The van der Waals surface area contributed by atoms with E-state index < -0.39 is 11.0 Å². The van der Waals surface area contributed by atoms with E-state index in [4.69, 9.17) is 4.74 Å². The molecule has 1 aliphatic heterocycles. The Hall–Kier alpha value is -3.47. The minimum Gasteiger partial charge on any atom is -0.457 e. The number of esters is 1. The molecule has 0 unspecified atom stereocenters. The first-order chi connectivity index (χ1) is 13.6. The Kier molecular flexibility index (Phi) is 4.89. The number of rotatable bonds is 4. The van der Waals surface area contributed by atoms with Gasteiger partial charge in [-0.3, -0.25) is 14.9 Å². The average molecular weight is 373 g/mol. The van der Waals surface area contributed by atoms with Crippen LogP contribution in [-0.4, -0.2) is 10.9 Å². The van der Waals surface area contributed by atoms with Crippen LogP contribution in [0, 0.1) is 10.1 Å². The second-order valence-electron chi connectivity index (χ2n) is 6.92. The molecule has 0 radical (unpaired) electrons. The summed E-state index contributed by atoms with van der Waals surface area (Å²) in [6.07, 6.45) is -0.175. The maximum absolute atomic E-state index is 12.5. The van der Waals surface area contributed by atoms with E-state index >= 15 is 0 Å². The number of carbonyl (C=O) groups is 1. The molecule has 0 aromatic heterocycles. The number of cyclic esters (lactones) is 1. The van der Waals surface area contributed by atoms with Gasteiger partial charge < -0.3 is 4.74 Å². The third-order valence-electron chi connectivity index (χ3n) is 5.25. The van der Waals surface area contributed by atoms with Crippen molar-refractivity contribution >= 4 is 11.7 Å². The zero-order valence-corrected chi connectivity index (χ0v) is 15.1. The molecule has 1 fully saturated rings. The molecule has 3 aromatic carbocycles. The van der Waals surface area contributed by atoms with E-state index in [2.05, 4.69) is 0 Å². The maximum atomic E-state index is 12.5. The first kappa shape index (κ1) is 17.9. The summed E-state index contributed by atoms with van der Waals surface area (Å²) in [5.41, 5.74) is 2.96. The first-order valence-electron chi connectivity index (χ1n) is 9.17. The number of nitro benzene ring substituents is 1. The summed E-state index contributed by atoms with van der Waals surface area (Å²) < 4.78 is 5.81. The van der Waals surface area contributed by atoms with Crippen molar-refractivity contribution in [2.45, 2.75) is 24.4 Å². The average Bonchev–Trinajstić information content (AvgIpc) is 2.74. The summed E-state index contributed by atoms with van der Waals surface area (Å²) in [7, 11) is 0. The van der Waals surface area contributed by atoms with Crippen LogP contribution < -0.4 is 0 Å². The fraction of sp³-hybridized carbons (Fsp3) is 0.174. The van der Waals surface area contributed by atoms with Gasteiger partial charge in [0.05, 0.1) is 11.3 Å². The highest BCUT2D eigenvalue weighted by Crippen LogP contribution is 2.49. The number of carbonyl (C=O) groups excluding carboxylic acids is 1. The number of nitrogens with zero attached hydrogens (tertiary/aromatic N) is 1. The Balaban J connectivity index is 1.80. The molecule has 0 aliphatic carbocycles. The fourth-order valence-electron chi connectivity index (χ4n) is 3.95. The van der Waals surface area contributed by atoms with Gasteiger partial charge in [-0.05, 0) is 16.7 Å². The summed E-state index contributed by atoms with van der Waals surface area (Å²) in [5, 5.41) is 11.0. The van der Waals surface area contributed by atoms with Gasteiger partial charge in [-0.15, -0.1) is 0 Å². The molecule has 3 atom stereocenters. The number of hydrogen-bond acceptors (Lipinski definition) is 4. The van der Waals surface area contributed by atoms with E-state index in [0.29, 0.717) is 0 Å². The maximum Gasteiger partial charge on any atom is 0.307 e. The van der Waals surface area contributed by atoms with Crippen LogP contribution in [0.3, 0.4) is 0 Å². The van der Waals surface area contributed by atoms with E-state index in [-0.39, 0.29) is 29.9 Å². The van der Waals surface area contributed by atoms with Crippen molar-refractivity contribution in [2.24, 2.45) is 0 Å². The summed E-state index contributed by atoms with van der Waals surface area (Å²) in [5.74, 6) is -0.471. The highest BCUT2D eigenvalue weighted by atomic mass is 16.6. The zero-order valence-electron chi connectivity index (χ0n) is 15.1. The molecule has 3 aromatic rings. The second-order valence-corrected chi connectivity index (χ2v) is 6.92. The monoisotopic (exact) mass is 373 g/mol. The quantitative estimate of drug-likeness (QED) is 0.360. The number of benzene rings is 3. The molecule has 5 nitrogen and oxygen atoms in total. The largest absolute Gasteiger partial charge is 0.457 e. The summed E-state index contributed by atoms with van der Waals surface area (Å²) in [4.78, 5) is 23.0. The molecule has 28 heavy (non-hydrogen) atoms. The van der Waals surface area contributed by atoms with Gasteiger partial charge in [0, 0.05) is 24.0 Å². The standard InChI is InChI=1S/C23H19NO4/c25-21-15-20(16-11-13-19(14-12-16)24(26)27)22(17-7-3-1-4-8-17)23(28-21)18-9-5-2-6-10-18/h1-14,20,22-23H,15H2/t20-,22-,23-/m0/s1. The van der Waals surface area contributed by atoms with Gasteiger partial charge in [-0.25, -0.2) is 0 Å². The highest BCUT2D eigenvalue weighted by Gasteiger charge is 2.41. The first-order valence-corrected chi connectivity index (χ1v) is 9.17. The van der Waals surface area contributed by atoms with Gasteiger partial charge in [-0.1, -0.05) is 72.8 Å². The van der Waals surface area contributed by atoms with Crippen molar-refractivity contribution in [1.29, 1.82) is 0 Å². The lowest BCUT2D eigenvalue weighted by Gasteiger charge is -2.38. The van der Waals surface area contributed by atoms with Gasteiger partial charge in [0.2, 0.25) is 0 Å². The summed E-state index contributed by atoms with van der Waals surface area (Å²) in [6.45, 7) is 0. The zero-order chi connectivity index (χ0) is 19.5. The van der Waals surface area contributed by atoms with Crippen molar-refractivity contribution < 1.29 is 14.5 Å². The molecule has 0 spiro atoms. The molecular formula is C23H19NO4. The van der Waals surface area contributed by atoms with Crippen LogP contribution in [-0.2, 0) is 9.53 Å². The molecule has 0 saturated carbocycles. The molecule has 140 valence electrons. The van der Waals surface area contributed by atoms with Gasteiger partial charge in [0.25, 0.3) is 5.69 Å². The van der Waals surface area contributed by atoms with Crippen molar-refractivity contribution in [1.82, 2.24) is 0 Å². The second kappa shape index (κ2) is 7.64. The molecule has 5 heteroatoms. The van der Waals surface area contributed by atoms with E-state index in [1.807, 2.05) is 60.7 Å². The fourth-order valence-corrected chi connectivity index (χ4v) is 3.95. The number of nitro groups is 1. The van der Waals surface area contributed by atoms with E-state index in [9.17, 15) is 14.9 Å². The number of hydrogen-bond donors (Lipinski definition) is 0. The lowest BCUT2D eigenvalue weighted by Crippen LogP contribution is -2.31. The predicted molar refractivity (Wildman–Crippen MR) is 105 cm³/mol. The molecule has 0 N–H and O–H groups in total. The topological polar surface area (TPSA) is 69.4 Å². The van der Waals surface area contributed by atoms with Crippen molar-refractivity contribution in [2.75, 3.05) is 0 Å². The van der Waals surface area contributed by atoms with Crippen LogP contribution in [0.15, 0.2) is 84.9 Å². The van der Waals surface area contributed by atoms with Crippen molar-refractivity contribution in [3.05, 3.63) is 112 Å². The van der Waals surface area contributed by atoms with Crippen LogP contribution in [0.5, 0.6) is 0 Å². The predicted octanol–water partition coefficient (Wildman–Crippen LogP) is 5.15. The third kappa shape index (κ3) is 3.51. The van der Waals surface area contributed by atoms with E-state index in [1.54, 1.807) is 12.1 Å². The number of non-ortho nitro benzene ring substituents is 1. The molecule has 0 amide bonds. The molecule has 4 rings (SSSR count).